The first kappa shape index (κ1) is 10.3. The lowest BCUT2D eigenvalue weighted by Crippen LogP contribution is -2.09. The van der Waals surface area contributed by atoms with Crippen LogP contribution in [0.15, 0.2) is 5.38 Å². The predicted molar refractivity (Wildman–Crippen MR) is 48.6 cm³/mol. The van der Waals surface area contributed by atoms with Crippen LogP contribution < -0.4 is 0 Å². The fourth-order valence-corrected chi connectivity index (χ4v) is 1.71. The van der Waals surface area contributed by atoms with Crippen LogP contribution in [0.1, 0.15) is 16.9 Å². The van der Waals surface area contributed by atoms with Gasteiger partial charge in [0.2, 0.25) is 0 Å². The second-order valence-corrected chi connectivity index (χ2v) is 5.46. The first-order chi connectivity index (χ1) is 5.99. The molecule has 0 amide bonds. The highest BCUT2D eigenvalue weighted by Gasteiger charge is 2.12. The van der Waals surface area contributed by atoms with Gasteiger partial charge in [-0.2, -0.15) is 0 Å². The van der Waals surface area contributed by atoms with Gasteiger partial charge < -0.3 is 0 Å². The number of carbonyl (C=O) groups is 1. The molecular weight excluding hydrogens is 212 g/mol. The molecule has 0 bridgehead atoms. The van der Waals surface area contributed by atoms with Crippen molar-refractivity contribution in [2.45, 2.75) is 6.42 Å². The highest BCUT2D eigenvalue weighted by atomic mass is 32.2. The summed E-state index contributed by atoms with van der Waals surface area (Å²) < 4.78 is 24.9. The average Bonchev–Trinajstić information content (AvgIpc) is 2.50. The molecule has 1 aromatic rings. The normalized spacial score (nSPS) is 11.5. The van der Waals surface area contributed by atoms with E-state index < -0.39 is 9.84 Å². The van der Waals surface area contributed by atoms with E-state index in [1.165, 1.54) is 5.38 Å². The molecule has 1 aromatic heterocycles. The van der Waals surface area contributed by atoms with E-state index in [-0.39, 0.29) is 23.7 Å². The van der Waals surface area contributed by atoms with Crippen molar-refractivity contribution in [3.63, 3.8) is 0 Å². The number of aromatic nitrogens is 2. The summed E-state index contributed by atoms with van der Waals surface area (Å²) in [5, 5.41) is 5.05. The van der Waals surface area contributed by atoms with E-state index in [4.69, 9.17) is 0 Å². The second-order valence-electron chi connectivity index (χ2n) is 2.59. The second kappa shape index (κ2) is 3.93. The molecule has 5 nitrogen and oxygen atoms in total. The van der Waals surface area contributed by atoms with Crippen molar-refractivity contribution < 1.29 is 13.2 Å². The molecule has 0 saturated heterocycles. The lowest BCUT2D eigenvalue weighted by Gasteiger charge is -1.94. The molecule has 0 aliphatic heterocycles. The summed E-state index contributed by atoms with van der Waals surface area (Å²) in [7, 11) is -3.08. The van der Waals surface area contributed by atoms with Crippen molar-refractivity contribution in [3.05, 3.63) is 11.1 Å². The van der Waals surface area contributed by atoms with Crippen molar-refractivity contribution in [1.29, 1.82) is 0 Å². The van der Waals surface area contributed by atoms with Crippen LogP contribution in [0.4, 0.5) is 0 Å². The molecule has 0 aromatic carbocycles. The smallest absolute Gasteiger partial charge is 0.185 e. The van der Waals surface area contributed by atoms with Gasteiger partial charge in [0.1, 0.15) is 15.5 Å². The van der Waals surface area contributed by atoms with Gasteiger partial charge in [0.05, 0.1) is 5.75 Å². The van der Waals surface area contributed by atoms with Gasteiger partial charge >= 0.3 is 0 Å². The Morgan fingerprint density at radius 2 is 2.31 bits per heavy atom. The van der Waals surface area contributed by atoms with Gasteiger partial charge in [-0.25, -0.2) is 8.42 Å². The summed E-state index contributed by atoms with van der Waals surface area (Å²) in [5.41, 5.74) is 0.244. The molecule has 0 N–H and O–H groups in total. The van der Waals surface area contributed by atoms with Crippen LogP contribution in [0.2, 0.25) is 0 Å². The third-order valence-corrected chi connectivity index (χ3v) is 2.80. The van der Waals surface area contributed by atoms with Crippen molar-refractivity contribution >= 4 is 27.2 Å². The summed E-state index contributed by atoms with van der Waals surface area (Å²) in [6.45, 7) is 0. The van der Waals surface area contributed by atoms with E-state index in [1.54, 1.807) is 0 Å². The Balaban J connectivity index is 2.53. The van der Waals surface area contributed by atoms with Gasteiger partial charge in [-0.15, -0.1) is 5.10 Å². The van der Waals surface area contributed by atoms with Gasteiger partial charge in [0, 0.05) is 18.1 Å². The molecule has 0 aliphatic rings. The lowest BCUT2D eigenvalue weighted by molar-refractivity contribution is 0.0984. The summed E-state index contributed by atoms with van der Waals surface area (Å²) in [5.74, 6) is -0.414. The Morgan fingerprint density at radius 1 is 1.62 bits per heavy atom. The molecule has 0 radical (unpaired) electrons. The fraction of sp³-hybridized carbons (Fsp3) is 0.500. The van der Waals surface area contributed by atoms with Crippen LogP contribution in [0, 0.1) is 0 Å². The summed E-state index contributed by atoms with van der Waals surface area (Å²) in [6.07, 6.45) is 1.07. The molecule has 0 fully saturated rings. The van der Waals surface area contributed by atoms with Crippen molar-refractivity contribution in [3.8, 4) is 0 Å². The molecule has 7 heteroatoms. The summed E-state index contributed by atoms with van der Waals surface area (Å²) in [4.78, 5) is 11.2. The maximum absolute atomic E-state index is 11.2. The number of nitrogens with zero attached hydrogens (tertiary/aromatic N) is 2. The molecule has 0 saturated carbocycles. The van der Waals surface area contributed by atoms with Crippen molar-refractivity contribution in [1.82, 2.24) is 9.59 Å². The molecular formula is C6H8N2O3S2. The Labute approximate surface area is 79.9 Å². The standard InChI is InChI=1S/C6H8N2O3S2/c1-13(10,11)3-2-6(9)5-4-12-8-7-5/h4H,2-3H2,1H3. The molecule has 1 rings (SSSR count). The fourth-order valence-electron chi connectivity index (χ4n) is 0.692. The van der Waals surface area contributed by atoms with Crippen LogP contribution in [0.5, 0.6) is 0 Å². The number of hydrogen-bond donors (Lipinski definition) is 0. The lowest BCUT2D eigenvalue weighted by atomic mass is 10.2. The molecule has 0 aliphatic carbocycles. The van der Waals surface area contributed by atoms with Crippen molar-refractivity contribution in [2.75, 3.05) is 12.0 Å². The molecule has 0 unspecified atom stereocenters. The highest BCUT2D eigenvalue weighted by molar-refractivity contribution is 7.90. The van der Waals surface area contributed by atoms with E-state index in [0.717, 1.165) is 17.8 Å². The van der Waals surface area contributed by atoms with E-state index in [9.17, 15) is 13.2 Å². The maximum atomic E-state index is 11.2. The van der Waals surface area contributed by atoms with E-state index in [0.29, 0.717) is 0 Å². The zero-order valence-corrected chi connectivity index (χ0v) is 8.56. The van der Waals surface area contributed by atoms with Gasteiger partial charge in [0.15, 0.2) is 5.78 Å². The quantitative estimate of drug-likeness (QED) is 0.675. The molecule has 0 atom stereocenters. The number of sulfone groups is 1. The van der Waals surface area contributed by atoms with Crippen LogP contribution in [0.25, 0.3) is 0 Å². The largest absolute Gasteiger partial charge is 0.292 e. The first-order valence-electron chi connectivity index (χ1n) is 3.47. The summed E-state index contributed by atoms with van der Waals surface area (Å²) >= 11 is 1.07. The Kier molecular flexibility index (Phi) is 3.10. The van der Waals surface area contributed by atoms with Gasteiger partial charge in [0.25, 0.3) is 0 Å². The number of hydrogen-bond acceptors (Lipinski definition) is 6. The van der Waals surface area contributed by atoms with E-state index in [1.807, 2.05) is 0 Å². The minimum absolute atomic E-state index is 0.0236. The number of Topliss-reactive ketones (excluding diaryl/α,β-unsaturated/α-hetero) is 1. The van der Waals surface area contributed by atoms with Gasteiger partial charge in [-0.1, -0.05) is 4.49 Å². The monoisotopic (exact) mass is 220 g/mol. The van der Waals surface area contributed by atoms with Crippen molar-refractivity contribution in [2.24, 2.45) is 0 Å². The third kappa shape index (κ3) is 3.60. The SMILES string of the molecule is CS(=O)(=O)CCC(=O)c1csnn1. The van der Waals surface area contributed by atoms with Crippen LogP contribution in [-0.4, -0.2) is 35.8 Å². The Morgan fingerprint density at radius 3 is 2.77 bits per heavy atom. The minimum atomic E-state index is -3.08. The first-order valence-corrected chi connectivity index (χ1v) is 6.37. The number of carbonyl (C=O) groups excluding carboxylic acids is 1. The maximum Gasteiger partial charge on any atom is 0.185 e. The Hall–Kier alpha value is -0.820. The molecule has 1 heterocycles. The predicted octanol–water partition coefficient (Wildman–Crippen LogP) is 0.156. The van der Waals surface area contributed by atoms with Crippen LogP contribution >= 0.6 is 11.5 Å². The number of rotatable bonds is 4. The van der Waals surface area contributed by atoms with Crippen LogP contribution in [0.3, 0.4) is 0 Å². The molecule has 72 valence electrons. The van der Waals surface area contributed by atoms with Crippen LogP contribution in [-0.2, 0) is 9.84 Å². The molecule has 13 heavy (non-hydrogen) atoms. The van der Waals surface area contributed by atoms with Gasteiger partial charge in [-0.05, 0) is 11.5 Å². The minimum Gasteiger partial charge on any atom is -0.292 e. The zero-order chi connectivity index (χ0) is 9.90. The highest BCUT2D eigenvalue weighted by Crippen LogP contribution is 2.02. The number of ketones is 1. The summed E-state index contributed by atoms with van der Waals surface area (Å²) in [6, 6.07) is 0. The van der Waals surface area contributed by atoms with Gasteiger partial charge in [-0.3, -0.25) is 4.79 Å². The van der Waals surface area contributed by atoms with E-state index in [2.05, 4.69) is 9.59 Å². The average molecular weight is 220 g/mol. The zero-order valence-electron chi connectivity index (χ0n) is 6.93. The van der Waals surface area contributed by atoms with E-state index >= 15 is 0 Å². The Bertz CT molecular complexity index is 382. The topological polar surface area (TPSA) is 77.0 Å². The molecule has 0 spiro atoms. The third-order valence-electron chi connectivity index (χ3n) is 1.35.